The highest BCUT2D eigenvalue weighted by molar-refractivity contribution is 5.96. The molecule has 0 fully saturated rings. The number of esters is 1. The van der Waals surface area contributed by atoms with Crippen LogP contribution in [0.3, 0.4) is 0 Å². The van der Waals surface area contributed by atoms with Gasteiger partial charge >= 0.3 is 5.97 Å². The molecule has 0 aliphatic heterocycles. The van der Waals surface area contributed by atoms with E-state index >= 15 is 0 Å². The topological polar surface area (TPSA) is 99.5 Å². The summed E-state index contributed by atoms with van der Waals surface area (Å²) in [5.74, 6) is 0.00320. The van der Waals surface area contributed by atoms with Crippen molar-refractivity contribution >= 4 is 28.5 Å². The Morgan fingerprint density at radius 2 is 1.84 bits per heavy atom. The number of hydrogen-bond acceptors (Lipinski definition) is 6. The van der Waals surface area contributed by atoms with Gasteiger partial charge < -0.3 is 14.8 Å². The highest BCUT2D eigenvalue weighted by Crippen LogP contribution is 2.24. The average molecular weight is 423 g/mol. The number of ether oxygens (including phenoxy) is 2. The van der Waals surface area contributed by atoms with Gasteiger partial charge in [-0.15, -0.1) is 0 Å². The molecule has 1 N–H and O–H groups in total. The van der Waals surface area contributed by atoms with Gasteiger partial charge in [0, 0.05) is 13.5 Å². The monoisotopic (exact) mass is 423 g/mol. The van der Waals surface area contributed by atoms with Crippen molar-refractivity contribution in [3.05, 3.63) is 64.7 Å². The number of anilines is 1. The number of aromatic nitrogens is 2. The van der Waals surface area contributed by atoms with E-state index in [9.17, 15) is 14.4 Å². The predicted molar refractivity (Wildman–Crippen MR) is 117 cm³/mol. The molecule has 2 aromatic carbocycles. The van der Waals surface area contributed by atoms with Crippen molar-refractivity contribution in [2.45, 2.75) is 32.8 Å². The van der Waals surface area contributed by atoms with Crippen LogP contribution in [0.2, 0.25) is 0 Å². The van der Waals surface area contributed by atoms with Gasteiger partial charge in [0.05, 0.1) is 29.6 Å². The third-order valence-corrected chi connectivity index (χ3v) is 4.75. The Morgan fingerprint density at radius 3 is 2.61 bits per heavy atom. The number of nitrogens with one attached hydrogen (secondary N) is 1. The normalized spacial score (nSPS) is 11.7. The third kappa shape index (κ3) is 5.28. The SMILES string of the molecule is CCOc1ccccc1NC(=O)C(C)OC(=O)CCc1nc2ccccc2c(=O)n1C. The van der Waals surface area contributed by atoms with E-state index in [0.717, 1.165) is 0 Å². The molecule has 8 heteroatoms. The molecule has 1 amide bonds. The van der Waals surface area contributed by atoms with Crippen LogP contribution in [0.5, 0.6) is 5.75 Å². The number of para-hydroxylation sites is 3. The summed E-state index contributed by atoms with van der Waals surface area (Å²) in [6.07, 6.45) is -0.779. The van der Waals surface area contributed by atoms with Crippen molar-refractivity contribution in [3.8, 4) is 5.75 Å². The molecule has 3 aromatic rings. The molecule has 1 atom stereocenters. The van der Waals surface area contributed by atoms with Gasteiger partial charge in [0.1, 0.15) is 11.6 Å². The number of hydrogen-bond donors (Lipinski definition) is 1. The van der Waals surface area contributed by atoms with Gasteiger partial charge in [0.25, 0.3) is 11.5 Å². The maximum atomic E-state index is 12.5. The lowest BCUT2D eigenvalue weighted by atomic mass is 10.2. The fourth-order valence-electron chi connectivity index (χ4n) is 3.10. The molecule has 3 rings (SSSR count). The molecule has 0 aliphatic rings. The molecule has 8 nitrogen and oxygen atoms in total. The van der Waals surface area contributed by atoms with Gasteiger partial charge in [0.15, 0.2) is 6.10 Å². The van der Waals surface area contributed by atoms with E-state index in [4.69, 9.17) is 9.47 Å². The van der Waals surface area contributed by atoms with Crippen LogP contribution in [-0.2, 0) is 27.8 Å². The summed E-state index contributed by atoms with van der Waals surface area (Å²) >= 11 is 0. The second-order valence-corrected chi connectivity index (χ2v) is 6.96. The van der Waals surface area contributed by atoms with Crippen LogP contribution >= 0.6 is 0 Å². The van der Waals surface area contributed by atoms with Gasteiger partial charge in [0.2, 0.25) is 0 Å². The Labute approximate surface area is 179 Å². The molecule has 0 radical (unpaired) electrons. The molecule has 1 aromatic heterocycles. The highest BCUT2D eigenvalue weighted by Gasteiger charge is 2.20. The average Bonchev–Trinajstić information content (AvgIpc) is 2.76. The second kappa shape index (κ2) is 9.88. The van der Waals surface area contributed by atoms with Crippen molar-refractivity contribution in [1.82, 2.24) is 9.55 Å². The van der Waals surface area contributed by atoms with E-state index in [0.29, 0.717) is 34.8 Å². The maximum Gasteiger partial charge on any atom is 0.307 e. The van der Waals surface area contributed by atoms with Crippen LogP contribution in [0.1, 0.15) is 26.1 Å². The quantitative estimate of drug-likeness (QED) is 0.560. The van der Waals surface area contributed by atoms with Gasteiger partial charge in [-0.05, 0) is 38.1 Å². The highest BCUT2D eigenvalue weighted by atomic mass is 16.5. The molecule has 0 spiro atoms. The maximum absolute atomic E-state index is 12.5. The Hall–Kier alpha value is -3.68. The number of benzene rings is 2. The summed E-state index contributed by atoms with van der Waals surface area (Å²) in [5.41, 5.74) is 0.914. The zero-order valence-corrected chi connectivity index (χ0v) is 17.8. The van der Waals surface area contributed by atoms with E-state index in [-0.39, 0.29) is 18.4 Å². The van der Waals surface area contributed by atoms with Gasteiger partial charge in [-0.2, -0.15) is 0 Å². The van der Waals surface area contributed by atoms with Crippen LogP contribution in [0.25, 0.3) is 10.9 Å². The van der Waals surface area contributed by atoms with E-state index in [1.54, 1.807) is 55.6 Å². The summed E-state index contributed by atoms with van der Waals surface area (Å²) < 4.78 is 12.2. The fraction of sp³-hybridized carbons (Fsp3) is 0.304. The van der Waals surface area contributed by atoms with Crippen LogP contribution in [0, 0.1) is 0 Å². The Bertz CT molecular complexity index is 1160. The molecule has 0 bridgehead atoms. The Kier molecular flexibility index (Phi) is 7.02. The minimum Gasteiger partial charge on any atom is -0.492 e. The second-order valence-electron chi connectivity index (χ2n) is 6.96. The first-order valence-electron chi connectivity index (χ1n) is 10.1. The van der Waals surface area contributed by atoms with Crippen LogP contribution in [0.15, 0.2) is 53.3 Å². The molecule has 162 valence electrons. The summed E-state index contributed by atoms with van der Waals surface area (Å²) in [5, 5.41) is 3.23. The third-order valence-electron chi connectivity index (χ3n) is 4.75. The minimum atomic E-state index is -0.990. The first kappa shape index (κ1) is 22.0. The van der Waals surface area contributed by atoms with Gasteiger partial charge in [-0.1, -0.05) is 24.3 Å². The minimum absolute atomic E-state index is 0.00816. The van der Waals surface area contributed by atoms with Crippen LogP contribution in [-0.4, -0.2) is 34.1 Å². The van der Waals surface area contributed by atoms with Crippen molar-refractivity contribution in [2.24, 2.45) is 7.05 Å². The van der Waals surface area contributed by atoms with Crippen molar-refractivity contribution < 1.29 is 19.1 Å². The number of aryl methyl sites for hydroxylation is 1. The van der Waals surface area contributed by atoms with Gasteiger partial charge in [-0.25, -0.2) is 4.98 Å². The summed E-state index contributed by atoms with van der Waals surface area (Å²) in [4.78, 5) is 41.6. The molecule has 1 heterocycles. The van der Waals surface area contributed by atoms with Crippen molar-refractivity contribution in [2.75, 3.05) is 11.9 Å². The van der Waals surface area contributed by atoms with E-state index in [1.807, 2.05) is 6.92 Å². The fourth-order valence-corrected chi connectivity index (χ4v) is 3.10. The molecule has 0 saturated heterocycles. The van der Waals surface area contributed by atoms with Crippen molar-refractivity contribution in [1.29, 1.82) is 0 Å². The molecule has 31 heavy (non-hydrogen) atoms. The zero-order chi connectivity index (χ0) is 22.4. The standard InChI is InChI=1S/C23H25N3O5/c1-4-30-19-12-8-7-11-18(19)25-22(28)15(2)31-21(27)14-13-20-24-17-10-6-5-9-16(17)23(29)26(20)3/h5-12,15H,4,13-14H2,1-3H3,(H,25,28). The first-order chi connectivity index (χ1) is 14.9. The molecule has 0 aliphatic carbocycles. The number of carbonyl (C=O) groups is 2. The van der Waals surface area contributed by atoms with E-state index < -0.39 is 18.0 Å². The molecular formula is C23H25N3O5. The van der Waals surface area contributed by atoms with Gasteiger partial charge in [-0.3, -0.25) is 19.0 Å². The Balaban J connectivity index is 1.60. The molecule has 0 saturated carbocycles. The molecular weight excluding hydrogens is 398 g/mol. The smallest absolute Gasteiger partial charge is 0.307 e. The van der Waals surface area contributed by atoms with Crippen molar-refractivity contribution in [3.63, 3.8) is 0 Å². The number of nitrogens with zero attached hydrogens (tertiary/aromatic N) is 2. The number of rotatable bonds is 8. The Morgan fingerprint density at radius 1 is 1.13 bits per heavy atom. The lowest BCUT2D eigenvalue weighted by Crippen LogP contribution is -2.30. The lowest BCUT2D eigenvalue weighted by Gasteiger charge is -2.16. The largest absolute Gasteiger partial charge is 0.492 e. The summed E-state index contributed by atoms with van der Waals surface area (Å²) in [7, 11) is 1.62. The summed E-state index contributed by atoms with van der Waals surface area (Å²) in [6.45, 7) is 3.81. The van der Waals surface area contributed by atoms with E-state index in [1.165, 1.54) is 11.5 Å². The number of carbonyl (C=O) groups excluding carboxylic acids is 2. The van der Waals surface area contributed by atoms with E-state index in [2.05, 4.69) is 10.3 Å². The van der Waals surface area contributed by atoms with Crippen LogP contribution < -0.4 is 15.6 Å². The molecule has 1 unspecified atom stereocenters. The zero-order valence-electron chi connectivity index (χ0n) is 17.8. The predicted octanol–water partition coefficient (Wildman–Crippen LogP) is 2.84. The van der Waals surface area contributed by atoms with Crippen LogP contribution in [0.4, 0.5) is 5.69 Å². The first-order valence-corrected chi connectivity index (χ1v) is 10.1. The lowest BCUT2D eigenvalue weighted by molar-refractivity contribution is -0.153. The number of fused-ring (bicyclic) bond motifs is 1. The summed E-state index contributed by atoms with van der Waals surface area (Å²) in [6, 6.07) is 14.1. The number of amides is 1.